The second kappa shape index (κ2) is 4.84. The van der Waals surface area contributed by atoms with Gasteiger partial charge in [0.05, 0.1) is 0 Å². The van der Waals surface area contributed by atoms with Crippen LogP contribution in [0.4, 0.5) is 0 Å². The van der Waals surface area contributed by atoms with Crippen molar-refractivity contribution < 1.29 is 4.74 Å². The molecule has 1 aromatic heterocycles. The average Bonchev–Trinajstić information content (AvgIpc) is 2.79. The van der Waals surface area contributed by atoms with E-state index in [-0.39, 0.29) is 0 Å². The van der Waals surface area contributed by atoms with Gasteiger partial charge in [-0.2, -0.15) is 0 Å². The van der Waals surface area contributed by atoms with Gasteiger partial charge in [-0.1, -0.05) is 41.0 Å². The molecule has 3 rings (SSSR count). The molecule has 0 radical (unpaired) electrons. The summed E-state index contributed by atoms with van der Waals surface area (Å²) in [7, 11) is 0. The Kier molecular flexibility index (Phi) is 3.20. The van der Waals surface area contributed by atoms with Crippen LogP contribution >= 0.6 is 38.9 Å². The van der Waals surface area contributed by atoms with Gasteiger partial charge in [0.25, 0.3) is 5.19 Å². The van der Waals surface area contributed by atoms with Gasteiger partial charge < -0.3 is 4.74 Å². The molecule has 0 saturated heterocycles. The molecule has 0 aliphatic rings. The predicted octanol–water partition coefficient (Wildman–Crippen LogP) is 4.90. The fourth-order valence-corrected chi connectivity index (χ4v) is 2.81. The average molecular weight is 342 g/mol. The third-order valence-electron chi connectivity index (χ3n) is 2.41. The molecule has 3 aromatic rings. The van der Waals surface area contributed by atoms with Gasteiger partial charge in [0.2, 0.25) is 0 Å². The fraction of sp³-hybridized carbons (Fsp3) is 0. The molecule has 0 fully saturated rings. The van der Waals surface area contributed by atoms with Crippen molar-refractivity contribution in [3.8, 4) is 10.9 Å². The van der Waals surface area contributed by atoms with Crippen LogP contribution in [0.15, 0.2) is 40.3 Å². The number of ether oxygens (including phenoxy) is 1. The molecule has 0 amide bonds. The van der Waals surface area contributed by atoms with E-state index in [1.54, 1.807) is 0 Å². The van der Waals surface area contributed by atoms with Crippen LogP contribution < -0.4 is 4.74 Å². The Labute approximate surface area is 121 Å². The number of benzene rings is 2. The van der Waals surface area contributed by atoms with Gasteiger partial charge in [0.15, 0.2) is 3.92 Å². The van der Waals surface area contributed by atoms with E-state index in [1.165, 1.54) is 11.3 Å². The van der Waals surface area contributed by atoms with Crippen LogP contribution in [0.2, 0.25) is 5.02 Å². The topological polar surface area (TPSA) is 35.0 Å². The highest BCUT2D eigenvalue weighted by Gasteiger charge is 2.09. The van der Waals surface area contributed by atoms with Crippen LogP contribution in [-0.4, -0.2) is 10.2 Å². The number of halogens is 2. The highest BCUT2D eigenvalue weighted by Crippen LogP contribution is 2.35. The summed E-state index contributed by atoms with van der Waals surface area (Å²) in [6.45, 7) is 0. The second-order valence-electron chi connectivity index (χ2n) is 3.51. The molecule has 1 heterocycles. The molecule has 0 aliphatic heterocycles. The number of hydrogen-bond acceptors (Lipinski definition) is 4. The maximum absolute atomic E-state index is 6.15. The third kappa shape index (κ3) is 2.21. The Morgan fingerprint density at radius 1 is 1.06 bits per heavy atom. The molecule has 0 atom stereocenters. The van der Waals surface area contributed by atoms with Crippen LogP contribution in [0.1, 0.15) is 0 Å². The molecule has 3 nitrogen and oxygen atoms in total. The van der Waals surface area contributed by atoms with Crippen molar-refractivity contribution >= 4 is 49.6 Å². The second-order valence-corrected chi connectivity index (χ2v) is 6.14. The summed E-state index contributed by atoms with van der Waals surface area (Å²) >= 11 is 10.7. The lowest BCUT2D eigenvalue weighted by Crippen LogP contribution is -1.85. The van der Waals surface area contributed by atoms with Crippen LogP contribution in [0.3, 0.4) is 0 Å². The number of rotatable bonds is 2. The van der Waals surface area contributed by atoms with Crippen molar-refractivity contribution in [2.24, 2.45) is 0 Å². The van der Waals surface area contributed by atoms with Crippen molar-refractivity contribution in [1.29, 1.82) is 0 Å². The van der Waals surface area contributed by atoms with Crippen molar-refractivity contribution in [2.75, 3.05) is 0 Å². The van der Waals surface area contributed by atoms with Gasteiger partial charge >= 0.3 is 0 Å². The van der Waals surface area contributed by atoms with Gasteiger partial charge in [-0.05, 0) is 39.4 Å². The maximum Gasteiger partial charge on any atom is 0.300 e. The zero-order chi connectivity index (χ0) is 12.5. The fourth-order valence-electron chi connectivity index (χ4n) is 1.65. The first-order chi connectivity index (χ1) is 8.74. The van der Waals surface area contributed by atoms with E-state index in [4.69, 9.17) is 16.3 Å². The van der Waals surface area contributed by atoms with E-state index >= 15 is 0 Å². The highest BCUT2D eigenvalue weighted by atomic mass is 79.9. The minimum atomic E-state index is 0.495. The van der Waals surface area contributed by atoms with Crippen LogP contribution in [0, 0.1) is 0 Å². The lowest BCUT2D eigenvalue weighted by Gasteiger charge is -2.06. The Hall–Kier alpha value is -1.17. The summed E-state index contributed by atoms with van der Waals surface area (Å²) in [4.78, 5) is 0. The molecule has 0 aliphatic carbocycles. The number of aromatic nitrogens is 2. The minimum Gasteiger partial charge on any atom is -0.429 e. The van der Waals surface area contributed by atoms with E-state index in [2.05, 4.69) is 26.1 Å². The van der Waals surface area contributed by atoms with Crippen LogP contribution in [-0.2, 0) is 0 Å². The predicted molar refractivity (Wildman–Crippen MR) is 76.6 cm³/mol. The van der Waals surface area contributed by atoms with Crippen LogP contribution in [0.25, 0.3) is 10.8 Å². The van der Waals surface area contributed by atoms with Crippen molar-refractivity contribution in [2.45, 2.75) is 0 Å². The normalized spacial score (nSPS) is 10.8. The van der Waals surface area contributed by atoms with Gasteiger partial charge in [0, 0.05) is 15.8 Å². The molecule has 0 spiro atoms. The molecular formula is C12H6BrClN2OS. The summed E-state index contributed by atoms with van der Waals surface area (Å²) in [5, 5.41) is 10.9. The first-order valence-electron chi connectivity index (χ1n) is 5.08. The Balaban J connectivity index is 2.09. The smallest absolute Gasteiger partial charge is 0.300 e. The minimum absolute atomic E-state index is 0.495. The summed E-state index contributed by atoms with van der Waals surface area (Å²) in [6, 6.07) is 11.5. The molecule has 0 bridgehead atoms. The standard InChI is InChI=1S/C12H6BrClN2OS/c13-11-15-16-12(18-11)17-10-6-5-9(14)7-3-1-2-4-8(7)10/h1-6H. The number of fused-ring (bicyclic) bond motifs is 1. The molecule has 0 saturated carbocycles. The lowest BCUT2D eigenvalue weighted by atomic mass is 10.1. The summed E-state index contributed by atoms with van der Waals surface area (Å²) in [5.41, 5.74) is 0. The quantitative estimate of drug-likeness (QED) is 0.665. The monoisotopic (exact) mass is 340 g/mol. The Bertz CT molecular complexity index is 716. The van der Waals surface area contributed by atoms with E-state index in [9.17, 15) is 0 Å². The van der Waals surface area contributed by atoms with Gasteiger partial charge in [-0.3, -0.25) is 0 Å². The largest absolute Gasteiger partial charge is 0.429 e. The molecule has 6 heteroatoms. The zero-order valence-corrected chi connectivity index (χ0v) is 12.1. The molecular weight excluding hydrogens is 336 g/mol. The van der Waals surface area contributed by atoms with Crippen molar-refractivity contribution in [3.63, 3.8) is 0 Å². The third-order valence-corrected chi connectivity index (χ3v) is 3.97. The zero-order valence-electron chi connectivity index (χ0n) is 8.93. The van der Waals surface area contributed by atoms with Gasteiger partial charge in [-0.15, -0.1) is 5.10 Å². The Morgan fingerprint density at radius 2 is 1.83 bits per heavy atom. The summed E-state index contributed by atoms with van der Waals surface area (Å²) in [6.07, 6.45) is 0. The SMILES string of the molecule is Clc1ccc(Oc2nnc(Br)s2)c2ccccc12. The van der Waals surface area contributed by atoms with E-state index in [0.717, 1.165) is 16.5 Å². The van der Waals surface area contributed by atoms with Gasteiger partial charge in [-0.25, -0.2) is 0 Å². The molecule has 90 valence electrons. The molecule has 18 heavy (non-hydrogen) atoms. The van der Waals surface area contributed by atoms with E-state index in [1.807, 2.05) is 36.4 Å². The van der Waals surface area contributed by atoms with Crippen LogP contribution in [0.5, 0.6) is 10.9 Å². The van der Waals surface area contributed by atoms with E-state index in [0.29, 0.717) is 14.1 Å². The lowest BCUT2D eigenvalue weighted by molar-refractivity contribution is 0.478. The number of hydrogen-bond donors (Lipinski definition) is 0. The Morgan fingerprint density at radius 3 is 2.56 bits per heavy atom. The van der Waals surface area contributed by atoms with E-state index < -0.39 is 0 Å². The molecule has 2 aromatic carbocycles. The first kappa shape index (κ1) is 11.9. The van der Waals surface area contributed by atoms with Crippen molar-refractivity contribution in [3.05, 3.63) is 45.3 Å². The first-order valence-corrected chi connectivity index (χ1v) is 7.07. The number of nitrogens with zero attached hydrogens (tertiary/aromatic N) is 2. The van der Waals surface area contributed by atoms with Gasteiger partial charge in [0.1, 0.15) is 5.75 Å². The highest BCUT2D eigenvalue weighted by molar-refractivity contribution is 9.11. The summed E-state index contributed by atoms with van der Waals surface area (Å²) in [5.74, 6) is 0.721. The summed E-state index contributed by atoms with van der Waals surface area (Å²) < 4.78 is 6.41. The molecule has 0 unspecified atom stereocenters. The molecule has 0 N–H and O–H groups in total. The maximum atomic E-state index is 6.15. The van der Waals surface area contributed by atoms with Crippen molar-refractivity contribution in [1.82, 2.24) is 10.2 Å².